The number of rotatable bonds is 2. The van der Waals surface area contributed by atoms with Crippen molar-refractivity contribution in [2.45, 2.75) is 0 Å². The van der Waals surface area contributed by atoms with E-state index in [2.05, 4.69) is 21.2 Å². The monoisotopic (exact) mass is 183 g/mol. The first kappa shape index (κ1) is 8.52. The maximum Gasteiger partial charge on any atom is 0.223 e. The summed E-state index contributed by atoms with van der Waals surface area (Å²) in [6.07, 6.45) is 6.90. The number of aromatic nitrogens is 2. The zero-order valence-electron chi connectivity index (χ0n) is 7.57. The van der Waals surface area contributed by atoms with E-state index in [-0.39, 0.29) is 0 Å². The van der Waals surface area contributed by atoms with Crippen molar-refractivity contribution in [1.82, 2.24) is 9.97 Å². The molecule has 0 unspecified atom stereocenters. The zero-order valence-corrected chi connectivity index (χ0v) is 7.57. The van der Waals surface area contributed by atoms with Gasteiger partial charge < -0.3 is 5.32 Å². The number of anilines is 1. The number of benzene rings is 1. The normalized spacial score (nSPS) is 9.64. The Hall–Kier alpha value is -2.08. The van der Waals surface area contributed by atoms with Crippen molar-refractivity contribution >= 4 is 16.9 Å². The van der Waals surface area contributed by atoms with Crippen molar-refractivity contribution in [2.24, 2.45) is 0 Å². The van der Waals surface area contributed by atoms with E-state index in [1.807, 2.05) is 24.3 Å². The molecule has 0 saturated carbocycles. The third kappa shape index (κ3) is 1.64. The molecule has 0 amide bonds. The van der Waals surface area contributed by atoms with E-state index in [4.69, 9.17) is 6.42 Å². The maximum absolute atomic E-state index is 5.12. The summed E-state index contributed by atoms with van der Waals surface area (Å²) >= 11 is 0. The summed E-state index contributed by atoms with van der Waals surface area (Å²) in [7, 11) is 0. The Bertz CT molecular complexity index is 485. The van der Waals surface area contributed by atoms with Crippen LogP contribution in [0.15, 0.2) is 30.5 Å². The van der Waals surface area contributed by atoms with Crippen LogP contribution in [0.2, 0.25) is 0 Å². The van der Waals surface area contributed by atoms with Crippen molar-refractivity contribution in [1.29, 1.82) is 0 Å². The van der Waals surface area contributed by atoms with E-state index in [1.165, 1.54) is 0 Å². The highest BCUT2D eigenvalue weighted by atomic mass is 15.1. The van der Waals surface area contributed by atoms with E-state index in [0.29, 0.717) is 12.5 Å². The minimum atomic E-state index is 0.443. The minimum absolute atomic E-state index is 0.443. The highest BCUT2D eigenvalue weighted by Crippen LogP contribution is 2.11. The van der Waals surface area contributed by atoms with Crippen LogP contribution in [-0.2, 0) is 0 Å². The summed E-state index contributed by atoms with van der Waals surface area (Å²) in [4.78, 5) is 8.42. The van der Waals surface area contributed by atoms with Gasteiger partial charge in [-0.3, -0.25) is 0 Å². The average molecular weight is 183 g/mol. The lowest BCUT2D eigenvalue weighted by atomic mass is 10.2. The molecule has 3 nitrogen and oxygen atoms in total. The topological polar surface area (TPSA) is 37.8 Å². The fraction of sp³-hybridized carbons (Fsp3) is 0.0909. The van der Waals surface area contributed by atoms with E-state index in [0.717, 1.165) is 10.9 Å². The molecule has 68 valence electrons. The van der Waals surface area contributed by atoms with Crippen LogP contribution in [0, 0.1) is 12.3 Å². The third-order valence-electron chi connectivity index (χ3n) is 1.84. The van der Waals surface area contributed by atoms with Gasteiger partial charge in [0, 0.05) is 11.6 Å². The number of hydrogen-bond donors (Lipinski definition) is 1. The fourth-order valence-electron chi connectivity index (χ4n) is 1.19. The van der Waals surface area contributed by atoms with Crippen LogP contribution in [0.25, 0.3) is 10.9 Å². The zero-order chi connectivity index (χ0) is 9.80. The van der Waals surface area contributed by atoms with Crippen LogP contribution in [-0.4, -0.2) is 16.5 Å². The Morgan fingerprint density at radius 1 is 1.36 bits per heavy atom. The predicted molar refractivity (Wildman–Crippen MR) is 56.9 cm³/mol. The van der Waals surface area contributed by atoms with Crippen LogP contribution in [0.3, 0.4) is 0 Å². The Morgan fingerprint density at radius 2 is 2.21 bits per heavy atom. The first-order valence-electron chi connectivity index (χ1n) is 4.29. The number of nitrogens with zero attached hydrogens (tertiary/aromatic N) is 2. The van der Waals surface area contributed by atoms with Crippen molar-refractivity contribution in [3.8, 4) is 12.3 Å². The molecule has 0 aliphatic heterocycles. The van der Waals surface area contributed by atoms with Crippen molar-refractivity contribution in [3.05, 3.63) is 30.5 Å². The molecule has 1 N–H and O–H groups in total. The summed E-state index contributed by atoms with van der Waals surface area (Å²) in [5.41, 5.74) is 0.919. The predicted octanol–water partition coefficient (Wildman–Crippen LogP) is 1.67. The second-order valence-electron chi connectivity index (χ2n) is 2.81. The lowest BCUT2D eigenvalue weighted by molar-refractivity contribution is 1.16. The van der Waals surface area contributed by atoms with E-state index in [9.17, 15) is 0 Å². The van der Waals surface area contributed by atoms with Gasteiger partial charge in [-0.15, -0.1) is 6.42 Å². The summed E-state index contributed by atoms with van der Waals surface area (Å²) < 4.78 is 0. The largest absolute Gasteiger partial charge is 0.343 e. The van der Waals surface area contributed by atoms with Gasteiger partial charge in [0.25, 0.3) is 0 Å². The smallest absolute Gasteiger partial charge is 0.223 e. The number of hydrogen-bond acceptors (Lipinski definition) is 3. The Labute approximate surface area is 82.2 Å². The molecule has 0 atom stereocenters. The van der Waals surface area contributed by atoms with Crippen molar-refractivity contribution < 1.29 is 0 Å². The van der Waals surface area contributed by atoms with E-state index >= 15 is 0 Å². The SMILES string of the molecule is C#CCNc1ncc2ccccc2n1. The van der Waals surface area contributed by atoms with Crippen molar-refractivity contribution in [3.63, 3.8) is 0 Å². The molecular formula is C11H9N3. The first-order valence-corrected chi connectivity index (χ1v) is 4.29. The highest BCUT2D eigenvalue weighted by molar-refractivity contribution is 5.78. The quantitative estimate of drug-likeness (QED) is 0.720. The summed E-state index contributed by atoms with van der Waals surface area (Å²) in [6.45, 7) is 0.443. The van der Waals surface area contributed by atoms with Crippen LogP contribution >= 0.6 is 0 Å². The van der Waals surface area contributed by atoms with Gasteiger partial charge in [-0.05, 0) is 6.07 Å². The van der Waals surface area contributed by atoms with Gasteiger partial charge in [0.2, 0.25) is 5.95 Å². The molecule has 2 aromatic rings. The molecule has 0 bridgehead atoms. The molecule has 1 aromatic heterocycles. The van der Waals surface area contributed by atoms with Gasteiger partial charge in [-0.25, -0.2) is 9.97 Å². The molecule has 1 aromatic carbocycles. The number of fused-ring (bicyclic) bond motifs is 1. The molecular weight excluding hydrogens is 174 g/mol. The summed E-state index contributed by atoms with van der Waals surface area (Å²) in [6, 6.07) is 7.82. The maximum atomic E-state index is 5.12. The lowest BCUT2D eigenvalue weighted by Gasteiger charge is -2.01. The summed E-state index contributed by atoms with van der Waals surface area (Å²) in [5, 5.41) is 3.95. The number of terminal acetylenes is 1. The minimum Gasteiger partial charge on any atom is -0.343 e. The van der Waals surface area contributed by atoms with Crippen molar-refractivity contribution in [2.75, 3.05) is 11.9 Å². The van der Waals surface area contributed by atoms with Gasteiger partial charge in [-0.2, -0.15) is 0 Å². The molecule has 0 radical (unpaired) electrons. The molecule has 0 aliphatic rings. The first-order chi connectivity index (χ1) is 6.90. The second kappa shape index (κ2) is 3.75. The number of para-hydroxylation sites is 1. The molecule has 3 heteroatoms. The van der Waals surface area contributed by atoms with Gasteiger partial charge in [0.1, 0.15) is 0 Å². The van der Waals surface area contributed by atoms with Crippen LogP contribution in [0.5, 0.6) is 0 Å². The van der Waals surface area contributed by atoms with Gasteiger partial charge >= 0.3 is 0 Å². The Kier molecular flexibility index (Phi) is 2.28. The molecule has 0 fully saturated rings. The highest BCUT2D eigenvalue weighted by Gasteiger charge is 1.96. The molecule has 1 heterocycles. The Morgan fingerprint density at radius 3 is 3.07 bits per heavy atom. The Balaban J connectivity index is 2.37. The van der Waals surface area contributed by atoms with Crippen LogP contribution < -0.4 is 5.32 Å². The summed E-state index contributed by atoms with van der Waals surface area (Å²) in [5.74, 6) is 3.04. The van der Waals surface area contributed by atoms with Gasteiger partial charge in [-0.1, -0.05) is 24.1 Å². The van der Waals surface area contributed by atoms with Crippen LogP contribution in [0.4, 0.5) is 5.95 Å². The molecule has 0 saturated heterocycles. The number of nitrogens with one attached hydrogen (secondary N) is 1. The van der Waals surface area contributed by atoms with Gasteiger partial charge in [0.15, 0.2) is 0 Å². The average Bonchev–Trinajstić information content (AvgIpc) is 2.26. The molecule has 2 rings (SSSR count). The lowest BCUT2D eigenvalue weighted by Crippen LogP contribution is -2.02. The second-order valence-corrected chi connectivity index (χ2v) is 2.81. The van der Waals surface area contributed by atoms with E-state index < -0.39 is 0 Å². The fourth-order valence-corrected chi connectivity index (χ4v) is 1.19. The molecule has 0 spiro atoms. The molecule has 0 aliphatic carbocycles. The van der Waals surface area contributed by atoms with Crippen LogP contribution in [0.1, 0.15) is 0 Å². The third-order valence-corrected chi connectivity index (χ3v) is 1.84. The molecule has 14 heavy (non-hydrogen) atoms. The van der Waals surface area contributed by atoms with E-state index in [1.54, 1.807) is 6.20 Å². The standard InChI is InChI=1S/C11H9N3/c1-2-7-12-11-13-8-9-5-3-4-6-10(9)14-11/h1,3-6,8H,7H2,(H,12,13,14). The van der Waals surface area contributed by atoms with Gasteiger partial charge in [0.05, 0.1) is 12.1 Å².